The van der Waals surface area contributed by atoms with Crippen LogP contribution in [0.2, 0.25) is 0 Å². The summed E-state index contributed by atoms with van der Waals surface area (Å²) in [5.74, 6) is -0.678. The van der Waals surface area contributed by atoms with Crippen LogP contribution in [0.15, 0.2) is 30.3 Å². The van der Waals surface area contributed by atoms with Gasteiger partial charge in [0.15, 0.2) is 0 Å². The molecule has 2 fully saturated rings. The van der Waals surface area contributed by atoms with Crippen molar-refractivity contribution < 1.29 is 23.6 Å². The number of carbonyl (C=O) groups is 2. The summed E-state index contributed by atoms with van der Waals surface area (Å²) in [4.78, 5) is 41.8. The molecule has 2 saturated heterocycles. The van der Waals surface area contributed by atoms with E-state index in [1.54, 1.807) is 18.2 Å². The van der Waals surface area contributed by atoms with Gasteiger partial charge in [-0.3, -0.25) is 14.6 Å². The number of ether oxygens (including phenoxy) is 1. The molecule has 0 aliphatic carbocycles. The Morgan fingerprint density at radius 1 is 1.27 bits per heavy atom. The number of anilines is 2. The molecule has 0 radical (unpaired) electrons. The molecule has 33 heavy (non-hydrogen) atoms. The molecule has 2 aliphatic rings. The summed E-state index contributed by atoms with van der Waals surface area (Å²) < 4.78 is 20.2. The summed E-state index contributed by atoms with van der Waals surface area (Å²) in [6.07, 6.45) is -1.06. The van der Waals surface area contributed by atoms with Crippen LogP contribution in [-0.2, 0) is 16.1 Å². The fraction of sp³-hybridized carbons (Fsp3) is 0.429. The van der Waals surface area contributed by atoms with Gasteiger partial charge in [-0.25, -0.2) is 14.2 Å². The van der Waals surface area contributed by atoms with E-state index in [9.17, 15) is 24.1 Å². The fourth-order valence-corrected chi connectivity index (χ4v) is 4.03. The van der Waals surface area contributed by atoms with Gasteiger partial charge in [0.1, 0.15) is 17.6 Å². The van der Waals surface area contributed by atoms with E-state index in [-0.39, 0.29) is 24.8 Å². The largest absolute Gasteiger partial charge is 0.442 e. The number of rotatable bonds is 7. The standard InChI is InChI=1S/C21H25FN6O5/c1-14(29)23-11-17-13-27(21(30)33-17)16-3-4-19(18(22)10-16)26-8-6-25(7-9-26)12-15-2-5-20(24-15)28(31)32/h2-5,10,17,24H,6-9,11-13H2,1H3,(H,23,29)/t17-/m0/s1. The van der Waals surface area contributed by atoms with Crippen molar-refractivity contribution in [2.24, 2.45) is 0 Å². The minimum atomic E-state index is -0.573. The van der Waals surface area contributed by atoms with Crippen LogP contribution >= 0.6 is 0 Å². The lowest BCUT2D eigenvalue weighted by molar-refractivity contribution is -0.389. The molecule has 2 aromatic rings. The molecule has 0 spiro atoms. The molecule has 2 aliphatic heterocycles. The summed E-state index contributed by atoms with van der Waals surface area (Å²) in [7, 11) is 0. The summed E-state index contributed by atoms with van der Waals surface area (Å²) in [6, 6.07) is 7.81. The van der Waals surface area contributed by atoms with Crippen LogP contribution in [0.1, 0.15) is 12.6 Å². The number of piperazine rings is 1. The number of halogens is 1. The molecule has 2 N–H and O–H groups in total. The van der Waals surface area contributed by atoms with E-state index in [1.165, 1.54) is 24.0 Å². The first kappa shape index (κ1) is 22.5. The van der Waals surface area contributed by atoms with E-state index in [0.717, 1.165) is 5.69 Å². The Bertz CT molecular complexity index is 1050. The van der Waals surface area contributed by atoms with Crippen LogP contribution in [0.4, 0.5) is 26.4 Å². The number of benzene rings is 1. The van der Waals surface area contributed by atoms with Crippen molar-refractivity contribution in [1.82, 2.24) is 15.2 Å². The predicted molar refractivity (Wildman–Crippen MR) is 118 cm³/mol. The first-order valence-electron chi connectivity index (χ1n) is 10.6. The van der Waals surface area contributed by atoms with Gasteiger partial charge in [0, 0.05) is 39.2 Å². The third-order valence-electron chi connectivity index (χ3n) is 5.73. The molecule has 2 amide bonds. The number of cyclic esters (lactones) is 1. The molecule has 1 atom stereocenters. The zero-order valence-corrected chi connectivity index (χ0v) is 18.1. The molecular formula is C21H25FN6O5. The van der Waals surface area contributed by atoms with Crippen LogP contribution in [-0.4, -0.2) is 72.2 Å². The Balaban J connectivity index is 1.33. The van der Waals surface area contributed by atoms with Gasteiger partial charge < -0.3 is 25.1 Å². The van der Waals surface area contributed by atoms with Crippen molar-refractivity contribution >= 4 is 29.2 Å². The lowest BCUT2D eigenvalue weighted by Crippen LogP contribution is -2.46. The van der Waals surface area contributed by atoms with Crippen molar-refractivity contribution in [2.45, 2.75) is 19.6 Å². The second-order valence-corrected chi connectivity index (χ2v) is 8.08. The SMILES string of the molecule is CC(=O)NC[C@H]1CN(c2ccc(N3CCN(Cc4ccc([N+](=O)[O-])[nH]4)CC3)c(F)c2)C(=O)O1. The van der Waals surface area contributed by atoms with Gasteiger partial charge in [-0.05, 0) is 29.2 Å². The smallest absolute Gasteiger partial charge is 0.414 e. The minimum absolute atomic E-state index is 0.0332. The summed E-state index contributed by atoms with van der Waals surface area (Å²) in [5, 5.41) is 13.4. The van der Waals surface area contributed by atoms with Crippen molar-refractivity contribution in [3.8, 4) is 0 Å². The molecule has 1 aromatic heterocycles. The third kappa shape index (κ3) is 5.22. The highest BCUT2D eigenvalue weighted by Gasteiger charge is 2.33. The lowest BCUT2D eigenvalue weighted by Gasteiger charge is -2.35. The molecule has 1 aromatic carbocycles. The average Bonchev–Trinajstić information content (AvgIpc) is 3.39. The van der Waals surface area contributed by atoms with Crippen molar-refractivity contribution in [3.63, 3.8) is 0 Å². The van der Waals surface area contributed by atoms with Gasteiger partial charge >= 0.3 is 11.9 Å². The second-order valence-electron chi connectivity index (χ2n) is 8.08. The first-order chi connectivity index (χ1) is 15.8. The Kier molecular flexibility index (Phi) is 6.45. The van der Waals surface area contributed by atoms with Crippen molar-refractivity contribution in [2.75, 3.05) is 49.1 Å². The number of nitro groups is 1. The minimum Gasteiger partial charge on any atom is -0.442 e. The van der Waals surface area contributed by atoms with E-state index in [0.29, 0.717) is 44.1 Å². The number of H-pyrrole nitrogens is 1. The molecule has 176 valence electrons. The zero-order chi connectivity index (χ0) is 23.5. The summed E-state index contributed by atoms with van der Waals surface area (Å²) >= 11 is 0. The molecule has 0 saturated carbocycles. The zero-order valence-electron chi connectivity index (χ0n) is 18.1. The van der Waals surface area contributed by atoms with Gasteiger partial charge in [-0.15, -0.1) is 0 Å². The third-order valence-corrected chi connectivity index (χ3v) is 5.73. The maximum absolute atomic E-state index is 14.9. The lowest BCUT2D eigenvalue weighted by atomic mass is 10.2. The predicted octanol–water partition coefficient (Wildman–Crippen LogP) is 1.85. The Morgan fingerprint density at radius 2 is 2.03 bits per heavy atom. The average molecular weight is 460 g/mol. The molecular weight excluding hydrogens is 435 g/mol. The number of amides is 2. The molecule has 3 heterocycles. The first-order valence-corrected chi connectivity index (χ1v) is 10.6. The molecule has 12 heteroatoms. The number of carbonyl (C=O) groups excluding carboxylic acids is 2. The molecule has 0 bridgehead atoms. The molecule has 0 unspecified atom stereocenters. The highest BCUT2D eigenvalue weighted by Crippen LogP contribution is 2.28. The number of aromatic amines is 1. The molecule has 4 rings (SSSR count). The topological polar surface area (TPSA) is 124 Å². The second kappa shape index (κ2) is 9.45. The maximum atomic E-state index is 14.9. The van der Waals surface area contributed by atoms with E-state index in [2.05, 4.69) is 15.2 Å². The number of hydrogen-bond donors (Lipinski definition) is 2. The summed E-state index contributed by atoms with van der Waals surface area (Å²) in [6.45, 7) is 4.93. The fourth-order valence-electron chi connectivity index (χ4n) is 4.03. The normalized spacial score (nSPS) is 19.0. The van der Waals surface area contributed by atoms with Crippen LogP contribution in [0.5, 0.6) is 0 Å². The molecule has 11 nitrogen and oxygen atoms in total. The Morgan fingerprint density at radius 3 is 2.67 bits per heavy atom. The van der Waals surface area contributed by atoms with E-state index < -0.39 is 22.9 Å². The van der Waals surface area contributed by atoms with Crippen LogP contribution in [0, 0.1) is 15.9 Å². The van der Waals surface area contributed by atoms with Crippen LogP contribution in [0.3, 0.4) is 0 Å². The highest BCUT2D eigenvalue weighted by molar-refractivity contribution is 5.90. The summed E-state index contributed by atoms with van der Waals surface area (Å²) in [5.41, 5.74) is 1.62. The maximum Gasteiger partial charge on any atom is 0.414 e. The van der Waals surface area contributed by atoms with Gasteiger partial charge in [-0.1, -0.05) is 0 Å². The van der Waals surface area contributed by atoms with E-state index in [1.807, 2.05) is 4.90 Å². The van der Waals surface area contributed by atoms with Crippen molar-refractivity contribution in [3.05, 3.63) is 52.0 Å². The van der Waals surface area contributed by atoms with Gasteiger partial charge in [0.25, 0.3) is 0 Å². The number of aromatic nitrogens is 1. The highest BCUT2D eigenvalue weighted by atomic mass is 19.1. The Labute approximate surface area is 189 Å². The monoisotopic (exact) mass is 460 g/mol. The van der Waals surface area contributed by atoms with Gasteiger partial charge in [0.2, 0.25) is 5.91 Å². The van der Waals surface area contributed by atoms with Gasteiger partial charge in [0.05, 0.1) is 31.0 Å². The van der Waals surface area contributed by atoms with Crippen LogP contribution < -0.4 is 15.1 Å². The van der Waals surface area contributed by atoms with Crippen LogP contribution in [0.25, 0.3) is 0 Å². The quantitative estimate of drug-likeness (QED) is 0.477. The number of nitrogens with zero attached hydrogens (tertiary/aromatic N) is 4. The van der Waals surface area contributed by atoms with E-state index >= 15 is 0 Å². The van der Waals surface area contributed by atoms with E-state index in [4.69, 9.17) is 4.74 Å². The number of nitrogens with one attached hydrogen (secondary N) is 2. The van der Waals surface area contributed by atoms with Gasteiger partial charge in [-0.2, -0.15) is 0 Å². The Hall–Kier alpha value is -3.67. The number of hydrogen-bond acceptors (Lipinski definition) is 7. The van der Waals surface area contributed by atoms with Crippen molar-refractivity contribution in [1.29, 1.82) is 0 Å².